The highest BCUT2D eigenvalue weighted by atomic mass is 16.5. The van der Waals surface area contributed by atoms with E-state index >= 15 is 0 Å². The zero-order valence-electron chi connectivity index (χ0n) is 16.3. The molecular formula is C21H42O3. The summed E-state index contributed by atoms with van der Waals surface area (Å²) in [5.74, 6) is -1.88. The molecule has 0 unspecified atom stereocenters. The van der Waals surface area contributed by atoms with E-state index < -0.39 is 5.79 Å². The minimum atomic E-state index is -1.84. The first kappa shape index (κ1) is 23.6. The Labute approximate surface area is 150 Å². The van der Waals surface area contributed by atoms with E-state index in [9.17, 15) is 4.79 Å². The molecule has 0 amide bonds. The van der Waals surface area contributed by atoms with Crippen LogP contribution >= 0.6 is 0 Å². The van der Waals surface area contributed by atoms with Gasteiger partial charge >= 0.3 is 0 Å². The number of ketones is 1. The third-order valence-electron chi connectivity index (χ3n) is 4.59. The lowest BCUT2D eigenvalue weighted by Crippen LogP contribution is -2.26. The van der Waals surface area contributed by atoms with Crippen molar-refractivity contribution in [3.05, 3.63) is 0 Å². The van der Waals surface area contributed by atoms with E-state index in [1.54, 1.807) is 0 Å². The van der Waals surface area contributed by atoms with E-state index in [4.69, 9.17) is 10.2 Å². The molecule has 0 aromatic heterocycles. The van der Waals surface area contributed by atoms with Gasteiger partial charge in [-0.3, -0.25) is 4.79 Å². The molecule has 0 aliphatic carbocycles. The minimum Gasteiger partial charge on any atom is -0.365 e. The molecule has 0 aromatic rings. The summed E-state index contributed by atoms with van der Waals surface area (Å²) in [5, 5.41) is 18.3. The number of unbranched alkanes of at least 4 members (excludes halogenated alkanes) is 14. The molecule has 144 valence electrons. The van der Waals surface area contributed by atoms with Gasteiger partial charge in [-0.1, -0.05) is 96.8 Å². The van der Waals surface area contributed by atoms with Crippen molar-refractivity contribution in [3.63, 3.8) is 0 Å². The van der Waals surface area contributed by atoms with Crippen LogP contribution in [0, 0.1) is 0 Å². The predicted molar refractivity (Wildman–Crippen MR) is 102 cm³/mol. The molecule has 0 fully saturated rings. The van der Waals surface area contributed by atoms with Gasteiger partial charge < -0.3 is 10.2 Å². The Kier molecular flexibility index (Phi) is 15.8. The summed E-state index contributed by atoms with van der Waals surface area (Å²) in [4.78, 5) is 11.5. The van der Waals surface area contributed by atoms with Gasteiger partial charge in [-0.2, -0.15) is 0 Å². The molecule has 0 saturated carbocycles. The number of aliphatic hydroxyl groups is 2. The highest BCUT2D eigenvalue weighted by Crippen LogP contribution is 2.14. The zero-order chi connectivity index (χ0) is 18.1. The maximum atomic E-state index is 11.5. The molecule has 0 saturated heterocycles. The van der Waals surface area contributed by atoms with Crippen LogP contribution in [0.2, 0.25) is 0 Å². The second-order valence-electron chi connectivity index (χ2n) is 7.63. The number of hydrogen-bond donors (Lipinski definition) is 2. The van der Waals surface area contributed by atoms with Crippen LogP contribution in [0.1, 0.15) is 123 Å². The van der Waals surface area contributed by atoms with Gasteiger partial charge in [-0.25, -0.2) is 0 Å². The quantitative estimate of drug-likeness (QED) is 0.240. The standard InChI is InChI=1S/C21H42O3/c1-3-4-5-6-7-8-9-10-11-12-13-14-15-16-17-18-20(22)19-21(2,23)24/h23-24H,3-19H2,1-2H3. The average Bonchev–Trinajstić information content (AvgIpc) is 2.49. The van der Waals surface area contributed by atoms with Gasteiger partial charge in [0.1, 0.15) is 5.78 Å². The van der Waals surface area contributed by atoms with E-state index in [0.717, 1.165) is 12.8 Å². The molecule has 0 aliphatic rings. The summed E-state index contributed by atoms with van der Waals surface area (Å²) in [6.45, 7) is 3.53. The van der Waals surface area contributed by atoms with Crippen LogP contribution in [0.25, 0.3) is 0 Å². The number of Topliss-reactive ketones (excluding diaryl/α,β-unsaturated/α-hetero) is 1. The minimum absolute atomic E-state index is 0.0443. The van der Waals surface area contributed by atoms with Crippen LogP contribution < -0.4 is 0 Å². The molecule has 3 heteroatoms. The van der Waals surface area contributed by atoms with Crippen molar-refractivity contribution in [2.75, 3.05) is 0 Å². The first-order chi connectivity index (χ1) is 11.5. The molecule has 3 nitrogen and oxygen atoms in total. The number of carbonyl (C=O) groups excluding carboxylic acids is 1. The highest BCUT2D eigenvalue weighted by Gasteiger charge is 2.19. The summed E-state index contributed by atoms with van der Waals surface area (Å²) < 4.78 is 0. The van der Waals surface area contributed by atoms with Crippen LogP contribution in [-0.4, -0.2) is 21.8 Å². The molecule has 0 radical (unpaired) electrons. The summed E-state index contributed by atoms with van der Waals surface area (Å²) in [5.41, 5.74) is 0. The monoisotopic (exact) mass is 342 g/mol. The molecule has 0 rings (SSSR count). The zero-order valence-corrected chi connectivity index (χ0v) is 16.3. The van der Waals surface area contributed by atoms with Gasteiger partial charge in [0.05, 0.1) is 6.42 Å². The lowest BCUT2D eigenvalue weighted by atomic mass is 10.0. The Morgan fingerprint density at radius 2 is 1.00 bits per heavy atom. The summed E-state index contributed by atoms with van der Waals surface area (Å²) in [6.07, 6.45) is 20.0. The van der Waals surface area contributed by atoms with Gasteiger partial charge in [0.2, 0.25) is 0 Å². The SMILES string of the molecule is CCCCCCCCCCCCCCCCCC(=O)CC(C)(O)O. The fourth-order valence-electron chi connectivity index (χ4n) is 3.16. The fraction of sp³-hybridized carbons (Fsp3) is 0.952. The normalized spacial score (nSPS) is 11.8. The van der Waals surface area contributed by atoms with Crippen molar-refractivity contribution in [3.8, 4) is 0 Å². The van der Waals surface area contributed by atoms with Crippen molar-refractivity contribution < 1.29 is 15.0 Å². The van der Waals surface area contributed by atoms with Crippen molar-refractivity contribution in [2.24, 2.45) is 0 Å². The Morgan fingerprint density at radius 3 is 1.33 bits per heavy atom. The Bertz CT molecular complexity index is 281. The summed E-state index contributed by atoms with van der Waals surface area (Å²) in [6, 6.07) is 0. The van der Waals surface area contributed by atoms with Crippen LogP contribution in [0.5, 0.6) is 0 Å². The second kappa shape index (κ2) is 16.1. The van der Waals surface area contributed by atoms with E-state index in [0.29, 0.717) is 6.42 Å². The van der Waals surface area contributed by atoms with Gasteiger partial charge in [-0.05, 0) is 13.3 Å². The lowest BCUT2D eigenvalue weighted by molar-refractivity contribution is -0.160. The Hall–Kier alpha value is -0.410. The number of rotatable bonds is 18. The van der Waals surface area contributed by atoms with Crippen LogP contribution in [0.3, 0.4) is 0 Å². The highest BCUT2D eigenvalue weighted by molar-refractivity contribution is 5.79. The third kappa shape index (κ3) is 19.6. The first-order valence-electron chi connectivity index (χ1n) is 10.4. The van der Waals surface area contributed by atoms with Gasteiger partial charge in [-0.15, -0.1) is 0 Å². The molecule has 0 bridgehead atoms. The second-order valence-corrected chi connectivity index (χ2v) is 7.63. The van der Waals surface area contributed by atoms with Crippen molar-refractivity contribution in [1.29, 1.82) is 0 Å². The van der Waals surface area contributed by atoms with Crippen molar-refractivity contribution in [2.45, 2.75) is 129 Å². The summed E-state index contributed by atoms with van der Waals surface area (Å²) in [7, 11) is 0. The van der Waals surface area contributed by atoms with Crippen LogP contribution in [-0.2, 0) is 4.79 Å². The molecule has 0 atom stereocenters. The topological polar surface area (TPSA) is 57.5 Å². The van der Waals surface area contributed by atoms with Crippen molar-refractivity contribution in [1.82, 2.24) is 0 Å². The lowest BCUT2D eigenvalue weighted by Gasteiger charge is -2.14. The molecule has 2 N–H and O–H groups in total. The van der Waals surface area contributed by atoms with E-state index in [2.05, 4.69) is 6.92 Å². The van der Waals surface area contributed by atoms with Gasteiger partial charge in [0, 0.05) is 6.42 Å². The molecular weight excluding hydrogens is 300 g/mol. The summed E-state index contributed by atoms with van der Waals surface area (Å²) >= 11 is 0. The van der Waals surface area contributed by atoms with Crippen molar-refractivity contribution >= 4 is 5.78 Å². The third-order valence-corrected chi connectivity index (χ3v) is 4.59. The maximum absolute atomic E-state index is 11.5. The smallest absolute Gasteiger partial charge is 0.166 e. The first-order valence-corrected chi connectivity index (χ1v) is 10.4. The maximum Gasteiger partial charge on any atom is 0.166 e. The number of carbonyl (C=O) groups is 1. The van der Waals surface area contributed by atoms with E-state index in [1.807, 2.05) is 0 Å². The fourth-order valence-corrected chi connectivity index (χ4v) is 3.16. The molecule has 0 spiro atoms. The van der Waals surface area contributed by atoms with Gasteiger partial charge in [0.25, 0.3) is 0 Å². The predicted octanol–water partition coefficient (Wildman–Crippen LogP) is 5.91. The molecule has 0 heterocycles. The van der Waals surface area contributed by atoms with Crippen LogP contribution in [0.4, 0.5) is 0 Å². The largest absolute Gasteiger partial charge is 0.365 e. The molecule has 0 aliphatic heterocycles. The van der Waals surface area contributed by atoms with E-state index in [-0.39, 0.29) is 12.2 Å². The average molecular weight is 343 g/mol. The van der Waals surface area contributed by atoms with E-state index in [1.165, 1.54) is 90.4 Å². The molecule has 0 aromatic carbocycles. The number of hydrogen-bond acceptors (Lipinski definition) is 3. The molecule has 24 heavy (non-hydrogen) atoms. The van der Waals surface area contributed by atoms with Gasteiger partial charge in [0.15, 0.2) is 5.79 Å². The Balaban J connectivity index is 3.14. The Morgan fingerprint density at radius 1 is 0.667 bits per heavy atom. The van der Waals surface area contributed by atoms with Crippen LogP contribution in [0.15, 0.2) is 0 Å².